The lowest BCUT2D eigenvalue weighted by Crippen LogP contribution is -2.50. The quantitative estimate of drug-likeness (QED) is 0.0232. The molecule has 1 aliphatic carbocycles. The van der Waals surface area contributed by atoms with Gasteiger partial charge in [0.25, 0.3) is 0 Å². The summed E-state index contributed by atoms with van der Waals surface area (Å²) in [5.41, 5.74) is 0. The van der Waals surface area contributed by atoms with E-state index in [0.717, 1.165) is 19.3 Å². The van der Waals surface area contributed by atoms with Gasteiger partial charge in [0.15, 0.2) is 0 Å². The van der Waals surface area contributed by atoms with Crippen LogP contribution < -0.4 is 5.32 Å². The van der Waals surface area contributed by atoms with E-state index in [1.807, 2.05) is 13.0 Å². The van der Waals surface area contributed by atoms with E-state index < -0.39 is 42.7 Å². The van der Waals surface area contributed by atoms with Gasteiger partial charge in [-0.15, -0.1) is 0 Å². The second-order valence-electron chi connectivity index (χ2n) is 14.9. The minimum absolute atomic E-state index is 0.0338. The fraction of sp³-hybridized carbons (Fsp3) is 0.927. The molecule has 0 aromatic rings. The summed E-state index contributed by atoms with van der Waals surface area (Å²) in [6.45, 7) is 4.19. The summed E-state index contributed by atoms with van der Waals surface area (Å²) in [5.74, 6) is 0. The van der Waals surface area contributed by atoms with Crippen molar-refractivity contribution < 1.29 is 30.3 Å². The van der Waals surface area contributed by atoms with Gasteiger partial charge in [-0.2, -0.15) is 0 Å². The van der Waals surface area contributed by atoms with Gasteiger partial charge in [-0.1, -0.05) is 179 Å². The first-order chi connectivity index (χ1) is 23.8. The molecule has 7 nitrogen and oxygen atoms in total. The van der Waals surface area contributed by atoms with Gasteiger partial charge in [0.05, 0.1) is 35.9 Å². The fourth-order valence-electron chi connectivity index (χ4n) is 6.78. The first-order valence-electron chi connectivity index (χ1n) is 20.8. The number of allylic oxidation sites excluding steroid dienone is 1. The predicted molar refractivity (Wildman–Crippen MR) is 209 cm³/mol. The van der Waals surface area contributed by atoms with Crippen molar-refractivity contribution in [3.63, 3.8) is 0 Å². The first-order valence-corrected chi connectivity index (χ1v) is 21.2. The molecular formula is C41H79NO6S. The maximum absolute atomic E-state index is 10.9. The lowest BCUT2D eigenvalue weighted by molar-refractivity contribution is -0.117. The molecular weight excluding hydrogens is 635 g/mol. The topological polar surface area (TPSA) is 122 Å². The van der Waals surface area contributed by atoms with E-state index in [4.69, 9.17) is 17.0 Å². The van der Waals surface area contributed by atoms with Crippen molar-refractivity contribution in [2.75, 3.05) is 6.61 Å². The highest BCUT2D eigenvalue weighted by Crippen LogP contribution is 2.19. The Bertz CT molecular complexity index is 785. The lowest BCUT2D eigenvalue weighted by Gasteiger charge is -2.32. The van der Waals surface area contributed by atoms with Crippen LogP contribution in [0.2, 0.25) is 0 Å². The van der Waals surface area contributed by atoms with Crippen LogP contribution in [0.1, 0.15) is 194 Å². The van der Waals surface area contributed by atoms with Crippen molar-refractivity contribution in [3.05, 3.63) is 12.2 Å². The van der Waals surface area contributed by atoms with Crippen LogP contribution in [-0.4, -0.2) is 79.8 Å². The first kappa shape index (κ1) is 46.4. The molecule has 0 radical (unpaired) electrons. The van der Waals surface area contributed by atoms with Crippen molar-refractivity contribution in [2.24, 2.45) is 0 Å². The number of thiocarbonyl (C=S) groups is 1. The maximum atomic E-state index is 10.9. The van der Waals surface area contributed by atoms with Gasteiger partial charge in [0, 0.05) is 6.42 Å². The van der Waals surface area contributed by atoms with E-state index in [9.17, 15) is 25.5 Å². The Morgan fingerprint density at radius 3 is 1.59 bits per heavy atom. The third-order valence-electron chi connectivity index (χ3n) is 10.3. The number of hydrogen-bond donors (Lipinski definition) is 6. The number of nitrogens with one attached hydrogen (secondary N) is 1. The van der Waals surface area contributed by atoms with Crippen LogP contribution in [0, 0.1) is 0 Å². The number of rotatable bonds is 32. The minimum atomic E-state index is -1.31. The molecule has 0 saturated carbocycles. The van der Waals surface area contributed by atoms with Crippen molar-refractivity contribution in [2.45, 2.75) is 236 Å². The van der Waals surface area contributed by atoms with Gasteiger partial charge in [0.1, 0.15) is 18.3 Å². The Balaban J connectivity index is 2.10. The summed E-state index contributed by atoms with van der Waals surface area (Å²) in [6, 6.07) is -0.564. The average molecular weight is 714 g/mol. The van der Waals surface area contributed by atoms with E-state index in [2.05, 4.69) is 12.2 Å². The maximum Gasteiger partial charge on any atom is 0.112 e. The van der Waals surface area contributed by atoms with Crippen LogP contribution >= 0.6 is 12.2 Å². The molecule has 0 heterocycles. The van der Waals surface area contributed by atoms with Gasteiger partial charge in [-0.05, 0) is 32.1 Å². The highest BCUT2D eigenvalue weighted by atomic mass is 32.1. The third-order valence-corrected chi connectivity index (χ3v) is 10.6. The number of ether oxygens (including phenoxy) is 1. The number of unbranched alkanes of at least 4 members (excludes halogenated alkanes) is 22. The Hall–Kier alpha value is -0.610. The average Bonchev–Trinajstić information content (AvgIpc) is 3.09. The standard InChI is InChI=1S/C41H79NO6S/c1-3-5-6-7-8-9-10-11-12-13-14-15-16-17-18-19-20-21-22-23-24-25-26-31-39(49)42-35(37(45)32-34(43)4-2)33-48-38-30-28-27-29-36(44)40(46)41(38)47/h28,30,34-38,40-41,43-47H,3-27,29,31-33H2,1-2H3,(H,42,49). The fourth-order valence-corrected chi connectivity index (χ4v) is 7.08. The highest BCUT2D eigenvalue weighted by molar-refractivity contribution is 7.80. The van der Waals surface area contributed by atoms with Gasteiger partial charge >= 0.3 is 0 Å². The van der Waals surface area contributed by atoms with Crippen LogP contribution in [0.15, 0.2) is 12.2 Å². The molecule has 0 aromatic carbocycles. The summed E-state index contributed by atoms with van der Waals surface area (Å²) in [6.07, 6.45) is 31.2. The van der Waals surface area contributed by atoms with Crippen molar-refractivity contribution in [1.29, 1.82) is 0 Å². The molecule has 0 saturated heterocycles. The smallest absolute Gasteiger partial charge is 0.112 e. The summed E-state index contributed by atoms with van der Waals surface area (Å²) < 4.78 is 5.93. The molecule has 8 heteroatoms. The molecule has 7 unspecified atom stereocenters. The molecule has 0 fully saturated rings. The zero-order valence-corrected chi connectivity index (χ0v) is 32.6. The molecule has 0 aliphatic heterocycles. The van der Waals surface area contributed by atoms with Crippen molar-refractivity contribution in [1.82, 2.24) is 5.32 Å². The molecule has 6 N–H and O–H groups in total. The molecule has 49 heavy (non-hydrogen) atoms. The van der Waals surface area contributed by atoms with Gasteiger partial charge in [-0.3, -0.25) is 0 Å². The van der Waals surface area contributed by atoms with Crippen molar-refractivity contribution in [3.8, 4) is 0 Å². The van der Waals surface area contributed by atoms with Crippen molar-refractivity contribution >= 4 is 17.2 Å². The number of aliphatic hydroxyl groups is 5. The zero-order chi connectivity index (χ0) is 36.0. The van der Waals surface area contributed by atoms with Crippen LogP contribution in [0.3, 0.4) is 0 Å². The van der Waals surface area contributed by atoms with E-state index >= 15 is 0 Å². The summed E-state index contributed by atoms with van der Waals surface area (Å²) in [5, 5.41) is 55.1. The molecule has 0 bridgehead atoms. The van der Waals surface area contributed by atoms with Crippen LogP contribution in [0.4, 0.5) is 0 Å². The summed E-state index contributed by atoms with van der Waals surface area (Å²) >= 11 is 5.61. The largest absolute Gasteiger partial charge is 0.393 e. The van der Waals surface area contributed by atoms with Crippen LogP contribution in [0.25, 0.3) is 0 Å². The van der Waals surface area contributed by atoms with Gasteiger partial charge in [0.2, 0.25) is 0 Å². The minimum Gasteiger partial charge on any atom is -0.393 e. The normalized spacial score (nSPS) is 21.6. The summed E-state index contributed by atoms with van der Waals surface area (Å²) in [4.78, 5) is 0.659. The van der Waals surface area contributed by atoms with E-state index in [0.29, 0.717) is 24.3 Å². The molecule has 290 valence electrons. The van der Waals surface area contributed by atoms with Gasteiger partial charge < -0.3 is 35.6 Å². The third kappa shape index (κ3) is 25.1. The predicted octanol–water partition coefficient (Wildman–Crippen LogP) is 8.99. The molecule has 7 atom stereocenters. The van der Waals surface area contributed by atoms with E-state index in [-0.39, 0.29) is 13.0 Å². The van der Waals surface area contributed by atoms with Gasteiger partial charge in [-0.25, -0.2) is 0 Å². The highest BCUT2D eigenvalue weighted by Gasteiger charge is 2.33. The molecule has 1 aliphatic rings. The van der Waals surface area contributed by atoms with Crippen LogP contribution in [-0.2, 0) is 4.74 Å². The number of aliphatic hydroxyl groups excluding tert-OH is 5. The second-order valence-corrected chi connectivity index (χ2v) is 15.4. The van der Waals surface area contributed by atoms with E-state index in [1.54, 1.807) is 6.08 Å². The Kier molecular flexibility index (Phi) is 30.4. The molecule has 0 aromatic heterocycles. The molecule has 1 rings (SSSR count). The Morgan fingerprint density at radius 2 is 1.14 bits per heavy atom. The molecule has 0 amide bonds. The Morgan fingerprint density at radius 1 is 0.694 bits per heavy atom. The molecule has 0 spiro atoms. The Labute approximate surface area is 307 Å². The number of hydrogen-bond acceptors (Lipinski definition) is 7. The van der Waals surface area contributed by atoms with Crippen LogP contribution in [0.5, 0.6) is 0 Å². The second kappa shape index (κ2) is 32.1. The van der Waals surface area contributed by atoms with E-state index in [1.165, 1.54) is 135 Å². The monoisotopic (exact) mass is 714 g/mol. The summed E-state index contributed by atoms with van der Waals surface area (Å²) in [7, 11) is 0. The lowest BCUT2D eigenvalue weighted by atomic mass is 9.96. The zero-order valence-electron chi connectivity index (χ0n) is 31.8. The SMILES string of the molecule is CCCCCCCCCCCCCCCCCCCCCCCCCC(=S)NC(COC1C=CCCC(O)C(O)C1O)C(O)CC(O)CC.